The fraction of sp³-hybridized carbons (Fsp3) is 0.300. The predicted octanol–water partition coefficient (Wildman–Crippen LogP) is 4.38. The Morgan fingerprint density at radius 2 is 1.81 bits per heavy atom. The van der Waals surface area contributed by atoms with Crippen molar-refractivity contribution in [3.63, 3.8) is 0 Å². The molecule has 1 heterocycles. The van der Waals surface area contributed by atoms with Gasteiger partial charge in [-0.2, -0.15) is 4.98 Å². The van der Waals surface area contributed by atoms with Crippen molar-refractivity contribution in [1.82, 2.24) is 15.3 Å². The number of rotatable bonds is 13. The van der Waals surface area contributed by atoms with Gasteiger partial charge in [-0.25, -0.2) is 18.5 Å². The van der Waals surface area contributed by atoms with Crippen LogP contribution in [0.4, 0.5) is 42.0 Å². The molecule has 0 unspecified atom stereocenters. The first kappa shape index (κ1) is 35.6. The van der Waals surface area contributed by atoms with Gasteiger partial charge < -0.3 is 30.7 Å². The molecule has 256 valence electrons. The number of nitrogens with zero attached hydrogens (tertiary/aromatic N) is 2. The number of alkyl halides is 3. The third kappa shape index (κ3) is 9.41. The second kappa shape index (κ2) is 15.1. The number of benzene rings is 2. The van der Waals surface area contributed by atoms with Gasteiger partial charge in [-0.05, 0) is 61.9 Å². The third-order valence-electron chi connectivity index (χ3n) is 7.37. The number of carbonyl (C=O) groups is 3. The number of ether oxygens (including phenoxy) is 2. The fourth-order valence-electron chi connectivity index (χ4n) is 5.14. The number of aromatic nitrogens is 2. The van der Waals surface area contributed by atoms with Crippen molar-refractivity contribution in [2.45, 2.75) is 36.9 Å². The van der Waals surface area contributed by atoms with Crippen molar-refractivity contribution in [3.05, 3.63) is 60.8 Å². The van der Waals surface area contributed by atoms with E-state index in [1.807, 2.05) is 0 Å². The van der Waals surface area contributed by atoms with E-state index in [-0.39, 0.29) is 58.1 Å². The summed E-state index contributed by atoms with van der Waals surface area (Å²) >= 11 is 0. The number of methoxy groups -OCH3 is 1. The van der Waals surface area contributed by atoms with Crippen LogP contribution in [0, 0.1) is 11.8 Å². The molecule has 1 aliphatic carbocycles. The molecule has 0 atom stereocenters. The maximum Gasteiger partial charge on any atom is 0.573 e. The van der Waals surface area contributed by atoms with Crippen LogP contribution in [0.25, 0.3) is 0 Å². The van der Waals surface area contributed by atoms with Gasteiger partial charge in [0.25, 0.3) is 0 Å². The summed E-state index contributed by atoms with van der Waals surface area (Å²) in [6.07, 6.45) is 0.506. The van der Waals surface area contributed by atoms with E-state index in [0.29, 0.717) is 31.4 Å². The fourth-order valence-corrected chi connectivity index (χ4v) is 5.96. The number of amides is 2. The minimum Gasteiger partial charge on any atom is -0.496 e. The number of hydrogen-bond donors (Lipinski definition) is 5. The van der Waals surface area contributed by atoms with Gasteiger partial charge in [0.15, 0.2) is 12.0 Å². The van der Waals surface area contributed by atoms with E-state index in [1.165, 1.54) is 37.6 Å². The lowest BCUT2D eigenvalue weighted by Gasteiger charge is -2.28. The van der Waals surface area contributed by atoms with Crippen molar-refractivity contribution in [3.8, 4) is 11.5 Å². The lowest BCUT2D eigenvalue weighted by atomic mass is 9.81. The molecule has 3 aromatic rings. The Kier molecular flexibility index (Phi) is 11.2. The first-order valence-corrected chi connectivity index (χ1v) is 15.9. The van der Waals surface area contributed by atoms with E-state index >= 15 is 0 Å². The zero-order chi connectivity index (χ0) is 35.1. The quantitative estimate of drug-likeness (QED) is 0.126. The van der Waals surface area contributed by atoms with Crippen molar-refractivity contribution in [2.24, 2.45) is 17.0 Å². The van der Waals surface area contributed by atoms with Gasteiger partial charge in [0.05, 0.1) is 24.0 Å². The molecule has 1 fully saturated rings. The van der Waals surface area contributed by atoms with Gasteiger partial charge in [0.2, 0.25) is 27.8 Å². The molecule has 0 bridgehead atoms. The highest BCUT2D eigenvalue weighted by Crippen LogP contribution is 2.36. The predicted molar refractivity (Wildman–Crippen MR) is 169 cm³/mol. The Hall–Kier alpha value is -5.23. The van der Waals surface area contributed by atoms with Gasteiger partial charge >= 0.3 is 6.36 Å². The van der Waals surface area contributed by atoms with E-state index in [1.54, 1.807) is 0 Å². The lowest BCUT2D eigenvalue weighted by molar-refractivity contribution is -0.275. The van der Waals surface area contributed by atoms with Crippen molar-refractivity contribution in [1.29, 1.82) is 0 Å². The molecule has 0 saturated heterocycles. The molecule has 48 heavy (non-hydrogen) atoms. The number of carbonyl (C=O) groups excluding carboxylic acids is 3. The largest absolute Gasteiger partial charge is 0.573 e. The minimum atomic E-state index is -5.19. The molecular formula is C30H32F3N7O7S. The number of halogens is 3. The van der Waals surface area contributed by atoms with Gasteiger partial charge in [-0.1, -0.05) is 12.6 Å². The highest BCUT2D eigenvalue weighted by molar-refractivity contribution is 7.89. The van der Waals surface area contributed by atoms with Crippen LogP contribution in [-0.2, 0) is 19.6 Å². The Balaban J connectivity index is 1.53. The van der Waals surface area contributed by atoms with Crippen molar-refractivity contribution in [2.75, 3.05) is 29.6 Å². The monoisotopic (exact) mass is 691 g/mol. The minimum absolute atomic E-state index is 0.0630. The summed E-state index contributed by atoms with van der Waals surface area (Å²) in [5, 5.41) is 16.3. The van der Waals surface area contributed by atoms with E-state index in [4.69, 9.17) is 9.88 Å². The second-order valence-corrected chi connectivity index (χ2v) is 12.2. The Morgan fingerprint density at radius 1 is 1.08 bits per heavy atom. The maximum absolute atomic E-state index is 13.1. The van der Waals surface area contributed by atoms with E-state index in [2.05, 4.69) is 42.6 Å². The summed E-state index contributed by atoms with van der Waals surface area (Å²) in [5.41, 5.74) is 0.149. The third-order valence-corrected chi connectivity index (χ3v) is 8.36. The average Bonchev–Trinajstić information content (AvgIpc) is 3.02. The zero-order valence-corrected chi connectivity index (χ0v) is 26.3. The van der Waals surface area contributed by atoms with E-state index in [0.717, 1.165) is 31.0 Å². The van der Waals surface area contributed by atoms with E-state index < -0.39 is 27.0 Å². The van der Waals surface area contributed by atoms with Gasteiger partial charge in [-0.3, -0.25) is 14.4 Å². The Bertz CT molecular complexity index is 1800. The van der Waals surface area contributed by atoms with Crippen LogP contribution in [0.1, 0.15) is 36.0 Å². The van der Waals surface area contributed by atoms with Gasteiger partial charge in [0.1, 0.15) is 16.5 Å². The standard InChI is InChI=1S/C30H32F3N7O7S/c1-3-26(42)36-15-17-7-9-18(10-8-17)28(43)37-19-13-22(20(16-41)24(14-19)46-2)39-29-35-12-11-25(40-29)38-21-5-4-6-23(47-30(31,32)33)27(21)48(34,44)45/h3-6,11-14,16-18H,1,7-10,15H2,2H3,(H,36,42)(H,37,43)(H2,34,44,45)(H2,35,38,39,40). The molecule has 4 rings (SSSR count). The van der Waals surface area contributed by atoms with Crippen LogP contribution >= 0.6 is 0 Å². The zero-order valence-electron chi connectivity index (χ0n) is 25.5. The smallest absolute Gasteiger partial charge is 0.496 e. The molecule has 2 aromatic carbocycles. The summed E-state index contributed by atoms with van der Waals surface area (Å²) < 4.78 is 72.5. The molecule has 0 aliphatic heterocycles. The first-order chi connectivity index (χ1) is 22.7. The van der Waals surface area contributed by atoms with Crippen molar-refractivity contribution >= 4 is 57.0 Å². The Morgan fingerprint density at radius 3 is 2.44 bits per heavy atom. The highest BCUT2D eigenvalue weighted by Gasteiger charge is 2.34. The molecule has 1 aromatic heterocycles. The number of hydrogen-bond acceptors (Lipinski definition) is 11. The van der Waals surface area contributed by atoms with Crippen LogP contribution in [0.5, 0.6) is 11.5 Å². The van der Waals surface area contributed by atoms with Gasteiger partial charge in [-0.15, -0.1) is 13.2 Å². The number of sulfonamides is 1. The number of nitrogens with two attached hydrogens (primary N) is 1. The number of aldehydes is 1. The first-order valence-electron chi connectivity index (χ1n) is 14.4. The molecule has 1 aliphatic rings. The maximum atomic E-state index is 13.1. The number of primary sulfonamides is 1. The average molecular weight is 692 g/mol. The van der Waals surface area contributed by atoms with E-state index in [9.17, 15) is 36.0 Å². The summed E-state index contributed by atoms with van der Waals surface area (Å²) in [6.45, 7) is 3.93. The van der Waals surface area contributed by atoms with Crippen molar-refractivity contribution < 1.29 is 45.4 Å². The molecular weight excluding hydrogens is 659 g/mol. The molecule has 1 saturated carbocycles. The molecule has 2 amide bonds. The SMILES string of the molecule is C=CC(=O)NCC1CCC(C(=O)Nc2cc(Nc3nccc(Nc4cccc(OC(F)(F)F)c4S(N)(=O)=O)n3)c(C=O)c(OC)c2)CC1. The lowest BCUT2D eigenvalue weighted by Crippen LogP contribution is -2.33. The van der Waals surface area contributed by atoms with Gasteiger partial charge in [0, 0.05) is 30.4 Å². The Labute approximate surface area is 273 Å². The van der Waals surface area contributed by atoms with Crippen LogP contribution in [0.15, 0.2) is 60.1 Å². The highest BCUT2D eigenvalue weighted by atomic mass is 32.2. The molecule has 0 spiro atoms. The molecule has 0 radical (unpaired) electrons. The molecule has 6 N–H and O–H groups in total. The second-order valence-electron chi connectivity index (χ2n) is 10.7. The van der Waals surface area contributed by atoms with Crippen LogP contribution in [0.2, 0.25) is 0 Å². The summed E-state index contributed by atoms with van der Waals surface area (Å²) in [5.74, 6) is -1.62. The number of anilines is 5. The van der Waals surface area contributed by atoms with Crippen LogP contribution in [-0.4, -0.2) is 56.5 Å². The van der Waals surface area contributed by atoms with Crippen LogP contribution in [0.3, 0.4) is 0 Å². The summed E-state index contributed by atoms with van der Waals surface area (Å²) in [7, 11) is -3.38. The van der Waals surface area contributed by atoms with Crippen LogP contribution < -0.4 is 35.9 Å². The summed E-state index contributed by atoms with van der Waals surface area (Å²) in [6, 6.07) is 7.33. The molecule has 18 heteroatoms. The molecule has 14 nitrogen and oxygen atoms in total. The summed E-state index contributed by atoms with van der Waals surface area (Å²) in [4.78, 5) is 44.0. The number of nitrogens with one attached hydrogen (secondary N) is 4. The normalized spacial score (nSPS) is 16.3. The topological polar surface area (TPSA) is 204 Å².